The summed E-state index contributed by atoms with van der Waals surface area (Å²) in [5.74, 6) is 4.64. The summed E-state index contributed by atoms with van der Waals surface area (Å²) >= 11 is 0. The molecule has 0 saturated carbocycles. The van der Waals surface area contributed by atoms with Crippen molar-refractivity contribution in [2.24, 2.45) is 5.84 Å². The lowest BCUT2D eigenvalue weighted by atomic mass is 10.1. The molecule has 0 spiro atoms. The van der Waals surface area contributed by atoms with Crippen LogP contribution in [0.5, 0.6) is 5.75 Å². The van der Waals surface area contributed by atoms with Crippen molar-refractivity contribution < 1.29 is 9.90 Å². The lowest BCUT2D eigenvalue weighted by Gasteiger charge is -2.04. The molecule has 0 bridgehead atoms. The highest BCUT2D eigenvalue weighted by Crippen LogP contribution is 2.18. The number of carbonyl (C=O) groups is 1. The van der Waals surface area contributed by atoms with Crippen molar-refractivity contribution in [2.45, 2.75) is 6.92 Å². The molecule has 0 unspecified atom stereocenters. The molecule has 4 heteroatoms. The van der Waals surface area contributed by atoms with Crippen molar-refractivity contribution in [1.82, 2.24) is 5.43 Å². The number of nitrogens with one attached hydrogen (secondary N) is 1. The van der Waals surface area contributed by atoms with E-state index in [4.69, 9.17) is 5.84 Å². The number of hydrogen-bond acceptors (Lipinski definition) is 3. The van der Waals surface area contributed by atoms with Gasteiger partial charge in [-0.3, -0.25) is 10.2 Å². The number of phenolic OH excluding ortho intramolecular Hbond substituents is 1. The molecule has 0 fully saturated rings. The van der Waals surface area contributed by atoms with Gasteiger partial charge in [-0.1, -0.05) is 6.07 Å². The normalized spacial score (nSPS) is 9.50. The first-order chi connectivity index (χ1) is 5.66. The Balaban J connectivity index is 3.16. The Morgan fingerprint density at radius 3 is 2.83 bits per heavy atom. The molecule has 0 atom stereocenters. The van der Waals surface area contributed by atoms with Crippen molar-refractivity contribution in [3.8, 4) is 5.75 Å². The minimum Gasteiger partial charge on any atom is -0.508 e. The number of hydrogen-bond donors (Lipinski definition) is 3. The predicted octanol–water partition coefficient (Wildman–Crippen LogP) is 0.304. The summed E-state index contributed by atoms with van der Waals surface area (Å²) in [6.07, 6.45) is 0. The Bertz CT molecular complexity index is 310. The molecule has 1 aromatic carbocycles. The van der Waals surface area contributed by atoms with Crippen molar-refractivity contribution in [3.63, 3.8) is 0 Å². The summed E-state index contributed by atoms with van der Waals surface area (Å²) in [6.45, 7) is 1.65. The SMILES string of the molecule is Cc1c(O)cccc1C(=O)NN. The van der Waals surface area contributed by atoms with Gasteiger partial charge in [0.1, 0.15) is 5.75 Å². The second-order valence-corrected chi connectivity index (χ2v) is 2.42. The van der Waals surface area contributed by atoms with Crippen LogP contribution >= 0.6 is 0 Å². The number of benzene rings is 1. The molecule has 4 nitrogen and oxygen atoms in total. The van der Waals surface area contributed by atoms with Gasteiger partial charge in [-0.15, -0.1) is 0 Å². The smallest absolute Gasteiger partial charge is 0.265 e. The molecule has 12 heavy (non-hydrogen) atoms. The third-order valence-electron chi connectivity index (χ3n) is 1.68. The van der Waals surface area contributed by atoms with Crippen LogP contribution in [0, 0.1) is 6.92 Å². The van der Waals surface area contributed by atoms with Crippen LogP contribution in [0.1, 0.15) is 15.9 Å². The van der Waals surface area contributed by atoms with E-state index in [1.54, 1.807) is 19.1 Å². The van der Waals surface area contributed by atoms with Crippen molar-refractivity contribution in [2.75, 3.05) is 0 Å². The Morgan fingerprint density at radius 1 is 1.58 bits per heavy atom. The highest BCUT2D eigenvalue weighted by Gasteiger charge is 2.08. The molecule has 1 rings (SSSR count). The summed E-state index contributed by atoms with van der Waals surface area (Å²) in [5, 5.41) is 9.22. The van der Waals surface area contributed by atoms with Crippen LogP contribution in [0.3, 0.4) is 0 Å². The van der Waals surface area contributed by atoms with Gasteiger partial charge in [0.05, 0.1) is 0 Å². The van der Waals surface area contributed by atoms with Gasteiger partial charge >= 0.3 is 0 Å². The van der Waals surface area contributed by atoms with Gasteiger partial charge < -0.3 is 5.11 Å². The van der Waals surface area contributed by atoms with Crippen LogP contribution in [0.15, 0.2) is 18.2 Å². The lowest BCUT2D eigenvalue weighted by molar-refractivity contribution is 0.0952. The van der Waals surface area contributed by atoms with E-state index in [-0.39, 0.29) is 5.75 Å². The summed E-state index contributed by atoms with van der Waals surface area (Å²) in [6, 6.07) is 4.70. The van der Waals surface area contributed by atoms with Crippen LogP contribution in [0.2, 0.25) is 0 Å². The largest absolute Gasteiger partial charge is 0.508 e. The minimum absolute atomic E-state index is 0.0936. The Hall–Kier alpha value is -1.55. The zero-order valence-corrected chi connectivity index (χ0v) is 6.66. The summed E-state index contributed by atoms with van der Waals surface area (Å²) < 4.78 is 0. The molecule has 4 N–H and O–H groups in total. The first-order valence-electron chi connectivity index (χ1n) is 3.46. The summed E-state index contributed by atoms with van der Waals surface area (Å²) in [5.41, 5.74) is 2.91. The Labute approximate surface area is 70.0 Å². The average Bonchev–Trinajstić information content (AvgIpc) is 2.08. The number of carbonyl (C=O) groups excluding carboxylic acids is 1. The molecule has 0 heterocycles. The monoisotopic (exact) mass is 166 g/mol. The standard InChI is InChI=1S/C8H10N2O2/c1-5-6(8(12)10-9)3-2-4-7(5)11/h2-4,11H,9H2,1H3,(H,10,12). The summed E-state index contributed by atoms with van der Waals surface area (Å²) in [4.78, 5) is 11.0. The van der Waals surface area contributed by atoms with Gasteiger partial charge in [0.2, 0.25) is 0 Å². The molecule has 64 valence electrons. The molecule has 0 aliphatic rings. The average molecular weight is 166 g/mol. The van der Waals surface area contributed by atoms with Crippen LogP contribution in [0.4, 0.5) is 0 Å². The third kappa shape index (κ3) is 1.38. The molecule has 0 radical (unpaired) electrons. The van der Waals surface area contributed by atoms with Crippen LogP contribution in [-0.4, -0.2) is 11.0 Å². The maximum Gasteiger partial charge on any atom is 0.265 e. The van der Waals surface area contributed by atoms with Gasteiger partial charge in [-0.05, 0) is 19.1 Å². The van der Waals surface area contributed by atoms with Crippen molar-refractivity contribution in [3.05, 3.63) is 29.3 Å². The number of amides is 1. The fourth-order valence-electron chi connectivity index (χ4n) is 0.947. The van der Waals surface area contributed by atoms with Crippen molar-refractivity contribution in [1.29, 1.82) is 0 Å². The quantitative estimate of drug-likeness (QED) is 0.319. The zero-order chi connectivity index (χ0) is 9.14. The second kappa shape index (κ2) is 3.23. The summed E-state index contributed by atoms with van der Waals surface area (Å²) in [7, 11) is 0. The second-order valence-electron chi connectivity index (χ2n) is 2.42. The maximum absolute atomic E-state index is 11.0. The minimum atomic E-state index is -0.400. The van der Waals surface area contributed by atoms with E-state index in [1.807, 2.05) is 5.43 Å². The number of hydrazine groups is 1. The molecule has 0 aliphatic carbocycles. The van der Waals surface area contributed by atoms with E-state index in [9.17, 15) is 9.90 Å². The van der Waals surface area contributed by atoms with Gasteiger partial charge in [0.15, 0.2) is 0 Å². The molecule has 0 aliphatic heterocycles. The number of nitrogens with two attached hydrogens (primary N) is 1. The first kappa shape index (κ1) is 8.55. The predicted molar refractivity (Wildman–Crippen MR) is 44.5 cm³/mol. The number of nitrogen functional groups attached to an aromatic ring is 1. The van der Waals surface area contributed by atoms with Gasteiger partial charge in [0, 0.05) is 11.1 Å². The number of aromatic hydroxyl groups is 1. The Morgan fingerprint density at radius 2 is 2.25 bits per heavy atom. The third-order valence-corrected chi connectivity index (χ3v) is 1.68. The molecule has 1 aromatic rings. The van der Waals surface area contributed by atoms with E-state index in [1.165, 1.54) is 6.07 Å². The van der Waals surface area contributed by atoms with Gasteiger partial charge in [-0.25, -0.2) is 5.84 Å². The fourth-order valence-corrected chi connectivity index (χ4v) is 0.947. The van der Waals surface area contributed by atoms with Crippen molar-refractivity contribution >= 4 is 5.91 Å². The van der Waals surface area contributed by atoms with Crippen LogP contribution in [0.25, 0.3) is 0 Å². The van der Waals surface area contributed by atoms with E-state index in [2.05, 4.69) is 0 Å². The molecule has 0 aromatic heterocycles. The van der Waals surface area contributed by atoms with E-state index < -0.39 is 5.91 Å². The molecular weight excluding hydrogens is 156 g/mol. The van der Waals surface area contributed by atoms with Gasteiger partial charge in [0.25, 0.3) is 5.91 Å². The highest BCUT2D eigenvalue weighted by atomic mass is 16.3. The van der Waals surface area contributed by atoms with Gasteiger partial charge in [-0.2, -0.15) is 0 Å². The number of rotatable bonds is 1. The molecule has 1 amide bonds. The number of phenols is 1. The highest BCUT2D eigenvalue weighted by molar-refractivity contribution is 5.95. The first-order valence-corrected chi connectivity index (χ1v) is 3.46. The topological polar surface area (TPSA) is 75.3 Å². The van der Waals surface area contributed by atoms with E-state index >= 15 is 0 Å². The lowest BCUT2D eigenvalue weighted by Crippen LogP contribution is -2.30. The van der Waals surface area contributed by atoms with E-state index in [0.717, 1.165) is 0 Å². The fraction of sp³-hybridized carbons (Fsp3) is 0.125. The van der Waals surface area contributed by atoms with Crippen LogP contribution < -0.4 is 11.3 Å². The molecule has 0 saturated heterocycles. The Kier molecular flexibility index (Phi) is 2.30. The van der Waals surface area contributed by atoms with E-state index in [0.29, 0.717) is 11.1 Å². The zero-order valence-electron chi connectivity index (χ0n) is 6.66. The maximum atomic E-state index is 11.0. The van der Waals surface area contributed by atoms with Crippen LogP contribution in [-0.2, 0) is 0 Å². The molecular formula is C8H10N2O2.